The summed E-state index contributed by atoms with van der Waals surface area (Å²) in [5.41, 5.74) is 0.0615. The normalized spacial score (nSPS) is 12.2. The molecule has 1 rings (SSSR count). The van der Waals surface area contributed by atoms with E-state index in [0.29, 0.717) is 0 Å². The Balaban J connectivity index is 2.87. The van der Waals surface area contributed by atoms with Gasteiger partial charge < -0.3 is 19.9 Å². The fraction of sp³-hybridized carbons (Fsp3) is 0.385. The molecule has 0 saturated carbocycles. The van der Waals surface area contributed by atoms with E-state index in [-0.39, 0.29) is 11.1 Å². The molecule has 0 aliphatic heterocycles. The highest BCUT2D eigenvalue weighted by molar-refractivity contribution is 6.04. The maximum absolute atomic E-state index is 12.0. The molecular formula is C13H17NO5. The van der Waals surface area contributed by atoms with Gasteiger partial charge in [-0.25, -0.2) is 4.79 Å². The van der Waals surface area contributed by atoms with Crippen LogP contribution in [0.1, 0.15) is 27.6 Å². The van der Waals surface area contributed by atoms with Crippen LogP contribution in [0.4, 0.5) is 0 Å². The fourth-order valence-corrected chi connectivity index (χ4v) is 1.72. The van der Waals surface area contributed by atoms with Crippen LogP contribution in [-0.2, 0) is 9.47 Å². The average molecular weight is 267 g/mol. The molecule has 104 valence electrons. The topological polar surface area (TPSA) is 84.9 Å². The minimum absolute atomic E-state index is 0.0430. The predicted molar refractivity (Wildman–Crippen MR) is 68.1 cm³/mol. The number of carbonyl (C=O) groups excluding carboxylic acids is 1. The van der Waals surface area contributed by atoms with Crippen molar-refractivity contribution in [1.82, 2.24) is 5.32 Å². The predicted octanol–water partition coefficient (Wildman–Crippen LogP) is 1.12. The maximum Gasteiger partial charge on any atom is 0.336 e. The van der Waals surface area contributed by atoms with E-state index in [1.165, 1.54) is 26.4 Å². The van der Waals surface area contributed by atoms with Gasteiger partial charge >= 0.3 is 5.97 Å². The summed E-state index contributed by atoms with van der Waals surface area (Å²) in [7, 11) is 2.92. The monoisotopic (exact) mass is 267 g/mol. The minimum Gasteiger partial charge on any atom is -0.478 e. The Morgan fingerprint density at radius 2 is 1.68 bits per heavy atom. The van der Waals surface area contributed by atoms with E-state index in [9.17, 15) is 9.59 Å². The van der Waals surface area contributed by atoms with Crippen LogP contribution in [0.2, 0.25) is 0 Å². The van der Waals surface area contributed by atoms with Crippen LogP contribution in [0.15, 0.2) is 24.3 Å². The summed E-state index contributed by atoms with van der Waals surface area (Å²) in [6.07, 6.45) is -0.596. The maximum atomic E-state index is 12.0. The van der Waals surface area contributed by atoms with E-state index in [2.05, 4.69) is 5.32 Å². The molecule has 0 bridgehead atoms. The molecule has 0 spiro atoms. The molecule has 0 heterocycles. The van der Waals surface area contributed by atoms with Gasteiger partial charge in [-0.05, 0) is 19.1 Å². The number of methoxy groups -OCH3 is 2. The fourth-order valence-electron chi connectivity index (χ4n) is 1.72. The second-order valence-corrected chi connectivity index (χ2v) is 3.95. The summed E-state index contributed by atoms with van der Waals surface area (Å²) in [6, 6.07) is 5.60. The first-order valence-electron chi connectivity index (χ1n) is 5.70. The van der Waals surface area contributed by atoms with Gasteiger partial charge in [-0.1, -0.05) is 12.1 Å². The quantitative estimate of drug-likeness (QED) is 0.754. The molecule has 0 fully saturated rings. The Morgan fingerprint density at radius 1 is 1.16 bits per heavy atom. The first-order chi connectivity index (χ1) is 9.01. The molecule has 6 heteroatoms. The van der Waals surface area contributed by atoms with Gasteiger partial charge in [-0.2, -0.15) is 0 Å². The summed E-state index contributed by atoms with van der Waals surface area (Å²) >= 11 is 0. The molecule has 1 unspecified atom stereocenters. The van der Waals surface area contributed by atoms with Crippen LogP contribution in [0.5, 0.6) is 0 Å². The number of carboxylic acid groups (broad SMARTS) is 1. The summed E-state index contributed by atoms with van der Waals surface area (Å²) < 4.78 is 10.0. The highest BCUT2D eigenvalue weighted by Gasteiger charge is 2.21. The molecule has 19 heavy (non-hydrogen) atoms. The van der Waals surface area contributed by atoms with Gasteiger partial charge in [-0.15, -0.1) is 0 Å². The SMILES string of the molecule is COC(OC)C(C)NC(=O)c1ccccc1C(=O)O. The Hall–Kier alpha value is -1.92. The molecule has 0 aliphatic carbocycles. The molecule has 1 aromatic carbocycles. The van der Waals surface area contributed by atoms with E-state index >= 15 is 0 Å². The Bertz CT molecular complexity index is 456. The molecule has 1 aromatic rings. The number of rotatable bonds is 6. The first-order valence-corrected chi connectivity index (χ1v) is 5.70. The van der Waals surface area contributed by atoms with Gasteiger partial charge in [-0.3, -0.25) is 4.79 Å². The molecule has 2 N–H and O–H groups in total. The average Bonchev–Trinajstić information content (AvgIpc) is 2.40. The van der Waals surface area contributed by atoms with E-state index < -0.39 is 24.2 Å². The number of benzene rings is 1. The molecule has 0 aliphatic rings. The molecule has 1 amide bonds. The van der Waals surface area contributed by atoms with Crippen LogP contribution < -0.4 is 5.32 Å². The zero-order valence-corrected chi connectivity index (χ0v) is 11.0. The second-order valence-electron chi connectivity index (χ2n) is 3.95. The third-order valence-electron chi connectivity index (χ3n) is 2.63. The van der Waals surface area contributed by atoms with Crippen molar-refractivity contribution in [2.75, 3.05) is 14.2 Å². The van der Waals surface area contributed by atoms with Gasteiger partial charge in [0.1, 0.15) is 0 Å². The number of hydrogen-bond donors (Lipinski definition) is 2. The summed E-state index contributed by atoms with van der Waals surface area (Å²) in [5, 5.41) is 11.7. The third-order valence-corrected chi connectivity index (χ3v) is 2.63. The zero-order chi connectivity index (χ0) is 14.4. The van der Waals surface area contributed by atoms with Crippen molar-refractivity contribution in [3.63, 3.8) is 0 Å². The van der Waals surface area contributed by atoms with E-state index in [1.807, 2.05) is 0 Å². The lowest BCUT2D eigenvalue weighted by atomic mass is 10.1. The minimum atomic E-state index is -1.14. The Morgan fingerprint density at radius 3 is 2.16 bits per heavy atom. The molecule has 1 atom stereocenters. The van der Waals surface area contributed by atoms with Crippen LogP contribution in [0.25, 0.3) is 0 Å². The van der Waals surface area contributed by atoms with Gasteiger partial charge in [0, 0.05) is 14.2 Å². The summed E-state index contributed by atoms with van der Waals surface area (Å²) in [4.78, 5) is 23.1. The van der Waals surface area contributed by atoms with Crippen molar-refractivity contribution in [2.45, 2.75) is 19.3 Å². The van der Waals surface area contributed by atoms with Gasteiger partial charge in [0.15, 0.2) is 6.29 Å². The van der Waals surface area contributed by atoms with E-state index in [0.717, 1.165) is 0 Å². The number of carbonyl (C=O) groups is 2. The standard InChI is InChI=1S/C13H17NO5/c1-8(13(18-2)19-3)14-11(15)9-6-4-5-7-10(9)12(16)17/h4-8,13H,1-3H3,(H,14,15)(H,16,17). The lowest BCUT2D eigenvalue weighted by Gasteiger charge is -2.22. The smallest absolute Gasteiger partial charge is 0.336 e. The molecule has 0 aromatic heterocycles. The number of nitrogens with one attached hydrogen (secondary N) is 1. The van der Waals surface area contributed by atoms with Crippen LogP contribution in [-0.4, -0.2) is 43.5 Å². The summed E-state index contributed by atoms with van der Waals surface area (Å²) in [5.74, 6) is -1.63. The molecule has 0 radical (unpaired) electrons. The van der Waals surface area contributed by atoms with Crippen LogP contribution in [0.3, 0.4) is 0 Å². The van der Waals surface area contributed by atoms with Crippen LogP contribution in [0, 0.1) is 0 Å². The van der Waals surface area contributed by atoms with E-state index in [1.54, 1.807) is 19.1 Å². The van der Waals surface area contributed by atoms with Gasteiger partial charge in [0.25, 0.3) is 5.91 Å². The largest absolute Gasteiger partial charge is 0.478 e. The Labute approximate surface area is 111 Å². The number of amides is 1. The lowest BCUT2D eigenvalue weighted by Crippen LogP contribution is -2.43. The van der Waals surface area contributed by atoms with Crippen molar-refractivity contribution in [3.8, 4) is 0 Å². The number of hydrogen-bond acceptors (Lipinski definition) is 4. The van der Waals surface area contributed by atoms with Crippen molar-refractivity contribution in [3.05, 3.63) is 35.4 Å². The zero-order valence-electron chi connectivity index (χ0n) is 11.0. The summed E-state index contributed by atoms with van der Waals surface area (Å²) in [6.45, 7) is 1.71. The third kappa shape index (κ3) is 3.77. The van der Waals surface area contributed by atoms with Gasteiger partial charge in [0.05, 0.1) is 17.2 Å². The molecular weight excluding hydrogens is 250 g/mol. The van der Waals surface area contributed by atoms with Crippen molar-refractivity contribution < 1.29 is 24.2 Å². The second kappa shape index (κ2) is 6.86. The first kappa shape index (κ1) is 15.1. The van der Waals surface area contributed by atoms with E-state index in [4.69, 9.17) is 14.6 Å². The highest BCUT2D eigenvalue weighted by Crippen LogP contribution is 2.10. The van der Waals surface area contributed by atoms with Gasteiger partial charge in [0.2, 0.25) is 0 Å². The number of aromatic carboxylic acids is 1. The highest BCUT2D eigenvalue weighted by atomic mass is 16.7. The Kier molecular flexibility index (Phi) is 5.47. The van der Waals surface area contributed by atoms with Crippen molar-refractivity contribution >= 4 is 11.9 Å². The molecule has 6 nitrogen and oxygen atoms in total. The number of carboxylic acids is 1. The molecule has 0 saturated heterocycles. The number of ether oxygens (including phenoxy) is 2. The van der Waals surface area contributed by atoms with Crippen molar-refractivity contribution in [2.24, 2.45) is 0 Å². The van der Waals surface area contributed by atoms with Crippen LogP contribution >= 0.6 is 0 Å². The van der Waals surface area contributed by atoms with Crippen molar-refractivity contribution in [1.29, 1.82) is 0 Å². The lowest BCUT2D eigenvalue weighted by molar-refractivity contribution is -0.117.